The summed E-state index contributed by atoms with van der Waals surface area (Å²) in [6, 6.07) is 13.5. The number of nitrogen functional groups attached to an aromatic ring is 1. The van der Waals surface area contributed by atoms with E-state index in [0.29, 0.717) is 41.2 Å². The number of nitrogens with zero attached hydrogens (tertiary/aromatic N) is 2. The number of nitrogens with one attached hydrogen (secondary N) is 1. The zero-order valence-electron chi connectivity index (χ0n) is 16.5. The SMILES string of the molecule is C=C(Nc1cccc(N)c1)c1cc2ccc(F)cc2nc1N1CCCC(F)(F)CC1. The lowest BCUT2D eigenvalue weighted by molar-refractivity contribution is -0.0102. The fourth-order valence-corrected chi connectivity index (χ4v) is 3.73. The first-order chi connectivity index (χ1) is 14.3. The summed E-state index contributed by atoms with van der Waals surface area (Å²) < 4.78 is 41.6. The Balaban J connectivity index is 1.75. The van der Waals surface area contributed by atoms with Gasteiger partial charge in [-0.05, 0) is 42.8 Å². The lowest BCUT2D eigenvalue weighted by atomic mass is 10.1. The van der Waals surface area contributed by atoms with Crippen LogP contribution in [0.25, 0.3) is 16.6 Å². The molecule has 2 aromatic carbocycles. The van der Waals surface area contributed by atoms with Gasteiger partial charge >= 0.3 is 0 Å². The highest BCUT2D eigenvalue weighted by Crippen LogP contribution is 2.34. The lowest BCUT2D eigenvalue weighted by Crippen LogP contribution is -2.28. The molecule has 1 fully saturated rings. The Kier molecular flexibility index (Phi) is 5.28. The zero-order valence-corrected chi connectivity index (χ0v) is 16.5. The van der Waals surface area contributed by atoms with E-state index < -0.39 is 11.7 Å². The van der Waals surface area contributed by atoms with Gasteiger partial charge in [0.25, 0.3) is 0 Å². The van der Waals surface area contributed by atoms with Crippen LogP contribution in [0.15, 0.2) is 55.1 Å². The second-order valence-corrected chi connectivity index (χ2v) is 7.62. The van der Waals surface area contributed by atoms with Crippen molar-refractivity contribution in [3.63, 3.8) is 0 Å². The van der Waals surface area contributed by atoms with Gasteiger partial charge in [-0.3, -0.25) is 0 Å². The molecular formula is C23H23F3N4. The number of nitrogens with two attached hydrogens (primary N) is 1. The van der Waals surface area contributed by atoms with Gasteiger partial charge in [0.2, 0.25) is 5.92 Å². The number of benzene rings is 2. The maximum Gasteiger partial charge on any atom is 0.249 e. The number of pyridine rings is 1. The topological polar surface area (TPSA) is 54.2 Å². The molecule has 4 nitrogen and oxygen atoms in total. The summed E-state index contributed by atoms with van der Waals surface area (Å²) in [7, 11) is 0. The first-order valence-electron chi connectivity index (χ1n) is 9.86. The van der Waals surface area contributed by atoms with Gasteiger partial charge in [-0.2, -0.15) is 0 Å². The molecular weight excluding hydrogens is 389 g/mol. The van der Waals surface area contributed by atoms with Gasteiger partial charge in [0, 0.05) is 60.0 Å². The number of halogens is 3. The second kappa shape index (κ2) is 7.89. The van der Waals surface area contributed by atoms with Gasteiger partial charge in [-0.1, -0.05) is 12.6 Å². The number of hydrogen-bond acceptors (Lipinski definition) is 4. The Morgan fingerprint density at radius 3 is 2.73 bits per heavy atom. The molecule has 4 rings (SSSR count). The van der Waals surface area contributed by atoms with E-state index in [2.05, 4.69) is 16.9 Å². The van der Waals surface area contributed by atoms with Crippen LogP contribution < -0.4 is 16.0 Å². The Hall–Kier alpha value is -3.22. The van der Waals surface area contributed by atoms with Crippen molar-refractivity contribution < 1.29 is 13.2 Å². The van der Waals surface area contributed by atoms with Crippen molar-refractivity contribution in [3.05, 3.63) is 66.5 Å². The van der Waals surface area contributed by atoms with Crippen LogP contribution in [0.5, 0.6) is 0 Å². The zero-order chi connectivity index (χ0) is 21.3. The molecule has 3 aromatic rings. The molecule has 0 radical (unpaired) electrons. The number of anilines is 3. The molecule has 0 aliphatic carbocycles. The number of aromatic nitrogens is 1. The fraction of sp³-hybridized carbons (Fsp3) is 0.261. The molecule has 0 saturated carbocycles. The van der Waals surface area contributed by atoms with E-state index in [9.17, 15) is 13.2 Å². The van der Waals surface area contributed by atoms with E-state index in [1.165, 1.54) is 12.1 Å². The summed E-state index contributed by atoms with van der Waals surface area (Å²) in [5, 5.41) is 3.96. The Bertz CT molecular complexity index is 1100. The summed E-state index contributed by atoms with van der Waals surface area (Å²) in [5.41, 5.74) is 8.93. The first kappa shape index (κ1) is 20.1. The molecule has 0 amide bonds. The van der Waals surface area contributed by atoms with Crippen molar-refractivity contribution >= 4 is 33.8 Å². The Morgan fingerprint density at radius 1 is 1.10 bits per heavy atom. The predicted molar refractivity (Wildman–Crippen MR) is 116 cm³/mol. The normalized spacial score (nSPS) is 16.3. The highest BCUT2D eigenvalue weighted by atomic mass is 19.3. The second-order valence-electron chi connectivity index (χ2n) is 7.62. The van der Waals surface area contributed by atoms with Crippen LogP contribution in [-0.2, 0) is 0 Å². The number of alkyl halides is 2. The molecule has 1 aliphatic heterocycles. The molecule has 0 bridgehead atoms. The van der Waals surface area contributed by atoms with Gasteiger partial charge in [0.05, 0.1) is 5.52 Å². The molecule has 0 unspecified atom stereocenters. The average Bonchev–Trinajstić information content (AvgIpc) is 2.87. The van der Waals surface area contributed by atoms with Crippen molar-refractivity contribution in [3.8, 4) is 0 Å². The monoisotopic (exact) mass is 412 g/mol. The van der Waals surface area contributed by atoms with Crippen molar-refractivity contribution in [1.29, 1.82) is 0 Å². The summed E-state index contributed by atoms with van der Waals surface area (Å²) in [4.78, 5) is 6.48. The molecule has 7 heteroatoms. The van der Waals surface area contributed by atoms with Crippen LogP contribution in [0, 0.1) is 5.82 Å². The molecule has 0 atom stereocenters. The van der Waals surface area contributed by atoms with Crippen LogP contribution in [0.1, 0.15) is 24.8 Å². The minimum absolute atomic E-state index is 0.149. The Morgan fingerprint density at radius 2 is 1.93 bits per heavy atom. The minimum atomic E-state index is -2.69. The molecule has 3 N–H and O–H groups in total. The van der Waals surface area contributed by atoms with E-state index >= 15 is 0 Å². The molecule has 1 saturated heterocycles. The standard InChI is InChI=1S/C23H23F3N4/c1-15(28-19-5-2-4-18(27)14-19)20-12-16-6-7-17(24)13-21(16)29-22(20)30-10-3-8-23(25,26)9-11-30/h2,4-7,12-14,28H,1,3,8-11,27H2. The summed E-state index contributed by atoms with van der Waals surface area (Å²) in [6.45, 7) is 4.75. The van der Waals surface area contributed by atoms with Gasteiger partial charge in [0.15, 0.2) is 0 Å². The number of fused-ring (bicyclic) bond motifs is 1. The van der Waals surface area contributed by atoms with Crippen molar-refractivity contribution in [2.75, 3.05) is 29.0 Å². The van der Waals surface area contributed by atoms with E-state index in [1.807, 2.05) is 23.1 Å². The Labute approximate surface area is 173 Å². The van der Waals surface area contributed by atoms with E-state index in [4.69, 9.17) is 5.73 Å². The molecule has 30 heavy (non-hydrogen) atoms. The third kappa shape index (κ3) is 4.35. The van der Waals surface area contributed by atoms with Gasteiger partial charge in [-0.25, -0.2) is 18.2 Å². The van der Waals surface area contributed by atoms with E-state index in [1.54, 1.807) is 18.2 Å². The largest absolute Gasteiger partial charge is 0.399 e. The molecule has 0 spiro atoms. The molecule has 1 aromatic heterocycles. The first-order valence-corrected chi connectivity index (χ1v) is 9.86. The highest BCUT2D eigenvalue weighted by molar-refractivity contribution is 5.90. The molecule has 1 aliphatic rings. The highest BCUT2D eigenvalue weighted by Gasteiger charge is 2.32. The maximum absolute atomic E-state index is 13.9. The smallest absolute Gasteiger partial charge is 0.249 e. The molecule has 2 heterocycles. The van der Waals surface area contributed by atoms with Crippen molar-refractivity contribution in [1.82, 2.24) is 4.98 Å². The van der Waals surface area contributed by atoms with Crippen LogP contribution >= 0.6 is 0 Å². The lowest BCUT2D eigenvalue weighted by Gasteiger charge is -2.26. The van der Waals surface area contributed by atoms with Crippen LogP contribution in [0.3, 0.4) is 0 Å². The van der Waals surface area contributed by atoms with Crippen molar-refractivity contribution in [2.45, 2.75) is 25.2 Å². The minimum Gasteiger partial charge on any atom is -0.399 e. The summed E-state index contributed by atoms with van der Waals surface area (Å²) >= 11 is 0. The van der Waals surface area contributed by atoms with Gasteiger partial charge in [-0.15, -0.1) is 0 Å². The summed E-state index contributed by atoms with van der Waals surface area (Å²) in [5.74, 6) is -2.56. The third-order valence-corrected chi connectivity index (χ3v) is 5.28. The van der Waals surface area contributed by atoms with E-state index in [0.717, 1.165) is 11.1 Å². The predicted octanol–water partition coefficient (Wildman–Crippen LogP) is 5.66. The number of hydrogen-bond donors (Lipinski definition) is 2. The van der Waals surface area contributed by atoms with Gasteiger partial charge < -0.3 is 16.0 Å². The van der Waals surface area contributed by atoms with Crippen LogP contribution in [-0.4, -0.2) is 24.0 Å². The van der Waals surface area contributed by atoms with Crippen molar-refractivity contribution in [2.24, 2.45) is 0 Å². The average molecular weight is 412 g/mol. The van der Waals surface area contributed by atoms with E-state index in [-0.39, 0.29) is 19.4 Å². The summed E-state index contributed by atoms with van der Waals surface area (Å²) in [6.07, 6.45) is -0.0433. The molecule has 156 valence electrons. The number of rotatable bonds is 4. The quantitative estimate of drug-likeness (QED) is 0.543. The van der Waals surface area contributed by atoms with Gasteiger partial charge in [0.1, 0.15) is 11.6 Å². The third-order valence-electron chi connectivity index (χ3n) is 5.28. The van der Waals surface area contributed by atoms with Crippen LogP contribution in [0.4, 0.5) is 30.4 Å². The van der Waals surface area contributed by atoms with Crippen LogP contribution in [0.2, 0.25) is 0 Å². The maximum atomic E-state index is 13.9. The fourth-order valence-electron chi connectivity index (χ4n) is 3.73.